The second-order valence-electron chi connectivity index (χ2n) is 5.60. The average molecular weight is 263 g/mol. The first-order chi connectivity index (χ1) is 9.20. The fourth-order valence-corrected chi connectivity index (χ4v) is 3.43. The van der Waals surface area contributed by atoms with E-state index in [4.69, 9.17) is 0 Å². The normalized spacial score (nSPS) is 27.4. The maximum Gasteiger partial charge on any atom is 0.326 e. The van der Waals surface area contributed by atoms with Crippen LogP contribution in [-0.2, 0) is 11.2 Å². The molecule has 3 heterocycles. The van der Waals surface area contributed by atoms with Crippen LogP contribution in [0.5, 0.6) is 0 Å². The number of aliphatic carboxylic acids is 1. The Hall–Kier alpha value is -1.36. The van der Waals surface area contributed by atoms with Crippen molar-refractivity contribution < 1.29 is 9.90 Å². The summed E-state index contributed by atoms with van der Waals surface area (Å²) in [5, 5.41) is 9.41. The molecule has 0 spiro atoms. The van der Waals surface area contributed by atoms with Gasteiger partial charge >= 0.3 is 5.97 Å². The number of carbonyl (C=O) groups is 1. The summed E-state index contributed by atoms with van der Waals surface area (Å²) in [4.78, 5) is 18.4. The van der Waals surface area contributed by atoms with Crippen LogP contribution in [0.15, 0.2) is 6.20 Å². The molecule has 2 aliphatic heterocycles. The molecule has 19 heavy (non-hydrogen) atoms. The molecule has 5 nitrogen and oxygen atoms in total. The molecule has 3 rings (SSSR count). The van der Waals surface area contributed by atoms with Crippen LogP contribution in [0, 0.1) is 0 Å². The van der Waals surface area contributed by atoms with E-state index in [1.807, 2.05) is 10.8 Å². The van der Waals surface area contributed by atoms with Gasteiger partial charge in [-0.1, -0.05) is 6.92 Å². The molecule has 0 radical (unpaired) electrons. The predicted octanol–water partition coefficient (Wildman–Crippen LogP) is 1.65. The number of rotatable bonds is 3. The lowest BCUT2D eigenvalue weighted by Crippen LogP contribution is -2.28. The van der Waals surface area contributed by atoms with Crippen molar-refractivity contribution in [3.8, 4) is 0 Å². The third-order valence-electron chi connectivity index (χ3n) is 4.49. The monoisotopic (exact) mass is 263 g/mol. The van der Waals surface area contributed by atoms with Gasteiger partial charge in [-0.05, 0) is 38.8 Å². The molecule has 1 aromatic heterocycles. The Morgan fingerprint density at radius 2 is 2.37 bits per heavy atom. The standard InChI is InChI=1S/C14H21N3O2/c1-2-16-7-6-10(9-16)13-15-8-11-4-3-5-12(14(18)19)17(11)13/h8,10,12H,2-7,9H2,1H3,(H,18,19). The van der Waals surface area contributed by atoms with Crippen LogP contribution in [-0.4, -0.2) is 45.2 Å². The summed E-state index contributed by atoms with van der Waals surface area (Å²) in [5.41, 5.74) is 1.10. The highest BCUT2D eigenvalue weighted by atomic mass is 16.4. The van der Waals surface area contributed by atoms with Crippen molar-refractivity contribution in [3.05, 3.63) is 17.7 Å². The van der Waals surface area contributed by atoms with Gasteiger partial charge in [-0.2, -0.15) is 0 Å². The Morgan fingerprint density at radius 3 is 3.05 bits per heavy atom. The van der Waals surface area contributed by atoms with Gasteiger partial charge in [0.1, 0.15) is 11.9 Å². The van der Waals surface area contributed by atoms with Gasteiger partial charge in [0.2, 0.25) is 0 Å². The number of hydrogen-bond donors (Lipinski definition) is 1. The SMILES string of the molecule is CCN1CCC(c2ncc3n2C(C(=O)O)CCC3)C1. The zero-order chi connectivity index (χ0) is 13.4. The molecule has 5 heteroatoms. The molecule has 104 valence electrons. The Balaban J connectivity index is 1.91. The zero-order valence-corrected chi connectivity index (χ0v) is 11.4. The highest BCUT2D eigenvalue weighted by molar-refractivity contribution is 5.72. The number of nitrogens with zero attached hydrogens (tertiary/aromatic N) is 3. The minimum absolute atomic E-state index is 0.397. The van der Waals surface area contributed by atoms with Gasteiger partial charge in [0.15, 0.2) is 0 Å². The molecule has 0 aromatic carbocycles. The molecular weight excluding hydrogens is 242 g/mol. The summed E-state index contributed by atoms with van der Waals surface area (Å²) in [7, 11) is 0. The zero-order valence-electron chi connectivity index (χ0n) is 11.4. The van der Waals surface area contributed by atoms with Gasteiger partial charge in [-0.15, -0.1) is 0 Å². The fraction of sp³-hybridized carbons (Fsp3) is 0.714. The molecule has 0 amide bonds. The molecule has 0 bridgehead atoms. The van der Waals surface area contributed by atoms with Gasteiger partial charge < -0.3 is 14.6 Å². The van der Waals surface area contributed by atoms with Crippen LogP contribution in [0.1, 0.15) is 49.7 Å². The second-order valence-corrected chi connectivity index (χ2v) is 5.60. The topological polar surface area (TPSA) is 58.4 Å². The minimum Gasteiger partial charge on any atom is -0.480 e. The number of carboxylic acid groups (broad SMARTS) is 1. The number of fused-ring (bicyclic) bond motifs is 1. The van der Waals surface area contributed by atoms with E-state index in [0.29, 0.717) is 5.92 Å². The number of likely N-dealkylation sites (tertiary alicyclic amines) is 1. The number of carboxylic acids is 1. The average Bonchev–Trinajstić information content (AvgIpc) is 3.03. The minimum atomic E-state index is -0.717. The lowest BCUT2D eigenvalue weighted by Gasteiger charge is -2.25. The van der Waals surface area contributed by atoms with Crippen molar-refractivity contribution in [2.75, 3.05) is 19.6 Å². The first-order valence-electron chi connectivity index (χ1n) is 7.22. The Morgan fingerprint density at radius 1 is 1.53 bits per heavy atom. The van der Waals surface area contributed by atoms with Gasteiger partial charge in [0, 0.05) is 24.4 Å². The molecule has 1 N–H and O–H groups in total. The van der Waals surface area contributed by atoms with Gasteiger partial charge in [0.05, 0.1) is 0 Å². The van der Waals surface area contributed by atoms with Crippen molar-refractivity contribution in [1.29, 1.82) is 0 Å². The lowest BCUT2D eigenvalue weighted by molar-refractivity contribution is -0.141. The van der Waals surface area contributed by atoms with Gasteiger partial charge in [0.25, 0.3) is 0 Å². The van der Waals surface area contributed by atoms with Crippen LogP contribution >= 0.6 is 0 Å². The van der Waals surface area contributed by atoms with E-state index < -0.39 is 12.0 Å². The smallest absolute Gasteiger partial charge is 0.326 e. The quantitative estimate of drug-likeness (QED) is 0.901. The maximum absolute atomic E-state index is 11.4. The molecule has 0 aliphatic carbocycles. The fourth-order valence-electron chi connectivity index (χ4n) is 3.43. The lowest BCUT2D eigenvalue weighted by atomic mass is 10.0. The summed E-state index contributed by atoms with van der Waals surface area (Å²) >= 11 is 0. The van der Waals surface area contributed by atoms with E-state index in [2.05, 4.69) is 16.8 Å². The van der Waals surface area contributed by atoms with Crippen LogP contribution in [0.3, 0.4) is 0 Å². The summed E-state index contributed by atoms with van der Waals surface area (Å²) in [5.74, 6) is 0.678. The first kappa shape index (κ1) is 12.7. The first-order valence-corrected chi connectivity index (χ1v) is 7.22. The van der Waals surface area contributed by atoms with Crippen molar-refractivity contribution in [1.82, 2.24) is 14.5 Å². The van der Waals surface area contributed by atoms with E-state index in [-0.39, 0.29) is 0 Å². The molecular formula is C14H21N3O2. The second kappa shape index (κ2) is 4.96. The summed E-state index contributed by atoms with van der Waals surface area (Å²) in [6.45, 7) is 5.34. The molecule has 0 saturated carbocycles. The summed E-state index contributed by atoms with van der Waals surface area (Å²) in [6.07, 6.45) is 5.63. The van der Waals surface area contributed by atoms with Gasteiger partial charge in [-0.3, -0.25) is 0 Å². The van der Waals surface area contributed by atoms with Crippen molar-refractivity contribution >= 4 is 5.97 Å². The van der Waals surface area contributed by atoms with Crippen LogP contribution in [0.2, 0.25) is 0 Å². The molecule has 1 fully saturated rings. The molecule has 2 unspecified atom stereocenters. The molecule has 1 saturated heterocycles. The number of aromatic nitrogens is 2. The van der Waals surface area contributed by atoms with Crippen LogP contribution in [0.4, 0.5) is 0 Å². The maximum atomic E-state index is 11.4. The highest BCUT2D eigenvalue weighted by Crippen LogP contribution is 2.33. The van der Waals surface area contributed by atoms with Gasteiger partial charge in [-0.25, -0.2) is 9.78 Å². The van der Waals surface area contributed by atoms with E-state index >= 15 is 0 Å². The third kappa shape index (κ3) is 2.16. The van der Waals surface area contributed by atoms with Crippen LogP contribution in [0.25, 0.3) is 0 Å². The van der Waals surface area contributed by atoms with Crippen molar-refractivity contribution in [2.45, 2.75) is 44.6 Å². The number of likely N-dealkylation sites (N-methyl/N-ethyl adjacent to an activating group) is 1. The number of hydrogen-bond acceptors (Lipinski definition) is 3. The highest BCUT2D eigenvalue weighted by Gasteiger charge is 2.33. The largest absolute Gasteiger partial charge is 0.480 e. The van der Waals surface area contributed by atoms with E-state index in [9.17, 15) is 9.90 Å². The van der Waals surface area contributed by atoms with Crippen molar-refractivity contribution in [3.63, 3.8) is 0 Å². The Kier molecular flexibility index (Phi) is 3.31. The Bertz CT molecular complexity index is 483. The van der Waals surface area contributed by atoms with E-state index in [0.717, 1.165) is 56.8 Å². The molecule has 1 aromatic rings. The van der Waals surface area contributed by atoms with Crippen LogP contribution < -0.4 is 0 Å². The van der Waals surface area contributed by atoms with E-state index in [1.165, 1.54) is 0 Å². The third-order valence-corrected chi connectivity index (χ3v) is 4.49. The Labute approximate surface area is 113 Å². The predicted molar refractivity (Wildman–Crippen MR) is 71.3 cm³/mol. The summed E-state index contributed by atoms with van der Waals surface area (Å²) < 4.78 is 2.01. The molecule has 2 atom stereocenters. The van der Waals surface area contributed by atoms with E-state index in [1.54, 1.807) is 0 Å². The number of aryl methyl sites for hydroxylation is 1. The summed E-state index contributed by atoms with van der Waals surface area (Å²) in [6, 6.07) is -0.406. The number of imidazole rings is 1. The molecule has 2 aliphatic rings. The van der Waals surface area contributed by atoms with Crippen molar-refractivity contribution in [2.24, 2.45) is 0 Å².